The van der Waals surface area contributed by atoms with E-state index in [0.29, 0.717) is 17.9 Å². The molecule has 5 rings (SSSR count). The van der Waals surface area contributed by atoms with Gasteiger partial charge in [-0.3, -0.25) is 4.98 Å². The minimum absolute atomic E-state index is 0.312. The van der Waals surface area contributed by atoms with Crippen molar-refractivity contribution in [3.63, 3.8) is 0 Å². The van der Waals surface area contributed by atoms with E-state index in [1.54, 1.807) is 0 Å². The summed E-state index contributed by atoms with van der Waals surface area (Å²) in [5, 5.41) is 1.21. The van der Waals surface area contributed by atoms with Gasteiger partial charge in [-0.25, -0.2) is 4.79 Å². The van der Waals surface area contributed by atoms with Gasteiger partial charge in [-0.1, -0.05) is 42.5 Å². The van der Waals surface area contributed by atoms with Gasteiger partial charge in [0.05, 0.1) is 18.4 Å². The smallest absolute Gasteiger partial charge is 0.339 e. The number of nitrogens with zero attached hydrogens (tertiary/aromatic N) is 2. The molecular weight excluding hydrogens is 372 g/mol. The van der Waals surface area contributed by atoms with Crippen molar-refractivity contribution in [3.05, 3.63) is 101 Å². The molecule has 4 aromatic rings. The summed E-state index contributed by atoms with van der Waals surface area (Å²) in [6, 6.07) is 21.0. The van der Waals surface area contributed by atoms with Gasteiger partial charge in [0.25, 0.3) is 0 Å². The van der Waals surface area contributed by atoms with Crippen LogP contribution in [0.1, 0.15) is 51.5 Å². The molecule has 30 heavy (non-hydrogen) atoms. The Bertz CT molecular complexity index is 1210. The van der Waals surface area contributed by atoms with Crippen LogP contribution in [0.25, 0.3) is 10.9 Å². The first-order chi connectivity index (χ1) is 14.7. The zero-order chi connectivity index (χ0) is 20.5. The standard InChI is InChI=1S/C26H24N2O2/c1-30-26(29)23-15-22(20-9-10-20)16-27-24(23)13-19-7-8-21-11-12-28(25(21)14-19)17-18-5-3-2-4-6-18/h2-8,11-12,14-16,20H,9-10,13,17H2,1H3. The maximum atomic E-state index is 12.4. The topological polar surface area (TPSA) is 44.1 Å². The molecule has 0 spiro atoms. The second kappa shape index (κ2) is 7.79. The Hall–Kier alpha value is -3.40. The van der Waals surface area contributed by atoms with Gasteiger partial charge >= 0.3 is 5.97 Å². The van der Waals surface area contributed by atoms with Gasteiger partial charge < -0.3 is 9.30 Å². The highest BCUT2D eigenvalue weighted by atomic mass is 16.5. The van der Waals surface area contributed by atoms with Gasteiger partial charge in [0.2, 0.25) is 0 Å². The lowest BCUT2D eigenvalue weighted by atomic mass is 10.0. The summed E-state index contributed by atoms with van der Waals surface area (Å²) in [4.78, 5) is 17.0. The van der Waals surface area contributed by atoms with Crippen LogP contribution in [0.4, 0.5) is 0 Å². The average molecular weight is 396 g/mol. The normalized spacial score (nSPS) is 13.5. The Balaban J connectivity index is 1.47. The third-order valence-electron chi connectivity index (χ3n) is 5.85. The molecular formula is C26H24N2O2. The molecule has 0 unspecified atom stereocenters. The number of ether oxygens (including phenoxy) is 1. The van der Waals surface area contributed by atoms with E-state index >= 15 is 0 Å². The second-order valence-corrected chi connectivity index (χ2v) is 8.03. The maximum Gasteiger partial charge on any atom is 0.339 e. The zero-order valence-corrected chi connectivity index (χ0v) is 17.0. The van der Waals surface area contributed by atoms with Gasteiger partial charge in [0, 0.05) is 30.9 Å². The molecule has 0 N–H and O–H groups in total. The van der Waals surface area contributed by atoms with E-state index in [2.05, 4.69) is 64.3 Å². The number of fused-ring (bicyclic) bond motifs is 1. The Labute approximate surface area is 176 Å². The highest BCUT2D eigenvalue weighted by Gasteiger charge is 2.26. The van der Waals surface area contributed by atoms with Crippen molar-refractivity contribution in [1.82, 2.24) is 9.55 Å². The van der Waals surface area contributed by atoms with Crippen molar-refractivity contribution in [2.24, 2.45) is 0 Å². The van der Waals surface area contributed by atoms with E-state index in [9.17, 15) is 4.79 Å². The first-order valence-corrected chi connectivity index (χ1v) is 10.4. The number of pyridine rings is 1. The van der Waals surface area contributed by atoms with E-state index in [4.69, 9.17) is 4.74 Å². The van der Waals surface area contributed by atoms with Gasteiger partial charge in [-0.05, 0) is 59.0 Å². The summed E-state index contributed by atoms with van der Waals surface area (Å²) >= 11 is 0. The van der Waals surface area contributed by atoms with Crippen molar-refractivity contribution < 1.29 is 9.53 Å². The molecule has 4 nitrogen and oxygen atoms in total. The molecule has 1 aliphatic rings. The number of hydrogen-bond acceptors (Lipinski definition) is 3. The molecule has 0 amide bonds. The lowest BCUT2D eigenvalue weighted by molar-refractivity contribution is 0.0599. The molecule has 0 saturated heterocycles. The predicted molar refractivity (Wildman–Crippen MR) is 118 cm³/mol. The van der Waals surface area contributed by atoms with E-state index in [0.717, 1.165) is 23.4 Å². The maximum absolute atomic E-state index is 12.4. The molecule has 2 aromatic carbocycles. The highest BCUT2D eigenvalue weighted by Crippen LogP contribution is 2.40. The SMILES string of the molecule is COC(=O)c1cc(C2CC2)cnc1Cc1ccc2ccn(Cc3ccccc3)c2c1. The number of aromatic nitrogens is 2. The summed E-state index contributed by atoms with van der Waals surface area (Å²) in [6.07, 6.45) is 7.01. The average Bonchev–Trinajstić information content (AvgIpc) is 3.56. The largest absolute Gasteiger partial charge is 0.465 e. The fourth-order valence-electron chi connectivity index (χ4n) is 4.03. The number of methoxy groups -OCH3 is 1. The summed E-state index contributed by atoms with van der Waals surface area (Å²) in [5.41, 5.74) is 6.09. The third-order valence-corrected chi connectivity index (χ3v) is 5.85. The van der Waals surface area contributed by atoms with Crippen LogP contribution < -0.4 is 0 Å². The number of carbonyl (C=O) groups is 1. The van der Waals surface area contributed by atoms with Crippen LogP contribution in [0.3, 0.4) is 0 Å². The summed E-state index contributed by atoms with van der Waals surface area (Å²) in [5.74, 6) is 0.237. The molecule has 0 bridgehead atoms. The first-order valence-electron chi connectivity index (χ1n) is 10.4. The van der Waals surface area contributed by atoms with Crippen LogP contribution >= 0.6 is 0 Å². The number of carbonyl (C=O) groups excluding carboxylic acids is 1. The molecule has 0 aliphatic heterocycles. The molecule has 150 valence electrons. The molecule has 2 heterocycles. The summed E-state index contributed by atoms with van der Waals surface area (Å²) < 4.78 is 7.29. The third kappa shape index (κ3) is 3.73. The van der Waals surface area contributed by atoms with Crippen molar-refractivity contribution in [2.75, 3.05) is 7.11 Å². The van der Waals surface area contributed by atoms with Gasteiger partial charge in [0.1, 0.15) is 0 Å². The van der Waals surface area contributed by atoms with E-state index in [1.807, 2.05) is 18.3 Å². The molecule has 0 radical (unpaired) electrons. The Kier molecular flexibility index (Phi) is 4.83. The minimum atomic E-state index is -0.312. The van der Waals surface area contributed by atoms with Crippen LogP contribution in [0.2, 0.25) is 0 Å². The number of benzene rings is 2. The van der Waals surface area contributed by atoms with Gasteiger partial charge in [-0.15, -0.1) is 0 Å². The Morgan fingerprint density at radius 2 is 1.90 bits per heavy atom. The van der Waals surface area contributed by atoms with Crippen LogP contribution in [0.15, 0.2) is 73.1 Å². The zero-order valence-electron chi connectivity index (χ0n) is 17.0. The highest BCUT2D eigenvalue weighted by molar-refractivity contribution is 5.91. The Morgan fingerprint density at radius 3 is 2.67 bits per heavy atom. The van der Waals surface area contributed by atoms with Crippen molar-refractivity contribution in [2.45, 2.75) is 31.7 Å². The molecule has 1 aliphatic carbocycles. The molecule has 4 heteroatoms. The molecule has 1 fully saturated rings. The summed E-state index contributed by atoms with van der Waals surface area (Å²) in [7, 11) is 1.43. The number of esters is 1. The lowest BCUT2D eigenvalue weighted by Gasteiger charge is -2.11. The monoisotopic (exact) mass is 396 g/mol. The van der Waals surface area contributed by atoms with E-state index in [1.165, 1.54) is 36.4 Å². The van der Waals surface area contributed by atoms with Gasteiger partial charge in [-0.2, -0.15) is 0 Å². The fraction of sp³-hybridized carbons (Fsp3) is 0.231. The fourth-order valence-corrected chi connectivity index (χ4v) is 4.03. The number of hydrogen-bond donors (Lipinski definition) is 0. The second-order valence-electron chi connectivity index (χ2n) is 8.03. The molecule has 1 saturated carbocycles. The van der Waals surface area contributed by atoms with Crippen LogP contribution in [-0.2, 0) is 17.7 Å². The van der Waals surface area contributed by atoms with Crippen molar-refractivity contribution in [3.8, 4) is 0 Å². The van der Waals surface area contributed by atoms with E-state index in [-0.39, 0.29) is 5.97 Å². The summed E-state index contributed by atoms with van der Waals surface area (Å²) in [6.45, 7) is 0.829. The molecule has 2 aromatic heterocycles. The number of rotatable bonds is 6. The van der Waals surface area contributed by atoms with Crippen molar-refractivity contribution in [1.29, 1.82) is 0 Å². The molecule has 0 atom stereocenters. The van der Waals surface area contributed by atoms with Crippen molar-refractivity contribution >= 4 is 16.9 Å². The lowest BCUT2D eigenvalue weighted by Crippen LogP contribution is -2.09. The Morgan fingerprint density at radius 1 is 1.07 bits per heavy atom. The van der Waals surface area contributed by atoms with E-state index < -0.39 is 0 Å². The quantitative estimate of drug-likeness (QED) is 0.413. The predicted octanol–water partition coefficient (Wildman–Crippen LogP) is 5.34. The van der Waals surface area contributed by atoms with Crippen LogP contribution in [0.5, 0.6) is 0 Å². The minimum Gasteiger partial charge on any atom is -0.465 e. The van der Waals surface area contributed by atoms with Crippen LogP contribution in [-0.4, -0.2) is 22.6 Å². The first kappa shape index (κ1) is 18.6. The van der Waals surface area contributed by atoms with Gasteiger partial charge in [0.15, 0.2) is 0 Å². The van der Waals surface area contributed by atoms with Crippen LogP contribution in [0, 0.1) is 0 Å².